The van der Waals surface area contributed by atoms with E-state index in [0.717, 1.165) is 16.3 Å². The fourth-order valence-corrected chi connectivity index (χ4v) is 1.89. The van der Waals surface area contributed by atoms with Gasteiger partial charge in [-0.2, -0.15) is 0 Å². The summed E-state index contributed by atoms with van der Waals surface area (Å²) in [6, 6.07) is 11.1. The van der Waals surface area contributed by atoms with Crippen molar-refractivity contribution in [2.75, 3.05) is 0 Å². The summed E-state index contributed by atoms with van der Waals surface area (Å²) in [7, 11) is 0. The fraction of sp³-hybridized carbons (Fsp3) is 0.133. The number of Topliss-reactive ketones (excluding diaryl/α,β-unsaturated/α-hetero) is 1. The van der Waals surface area contributed by atoms with Crippen LogP contribution >= 0.6 is 0 Å². The largest absolute Gasteiger partial charge is 0.504 e. The molecule has 4 heteroatoms. The van der Waals surface area contributed by atoms with Gasteiger partial charge in [-0.25, -0.2) is 0 Å². The van der Waals surface area contributed by atoms with Gasteiger partial charge in [0.05, 0.1) is 5.52 Å². The first-order valence-electron chi connectivity index (χ1n) is 5.89. The molecule has 0 fully saturated rings. The monoisotopic (exact) mass is 257 g/mol. The maximum Gasteiger partial charge on any atom is 0.182 e. The molecule has 2 aromatic carbocycles. The van der Waals surface area contributed by atoms with Crippen LogP contribution in [0.25, 0.3) is 21.8 Å². The lowest BCUT2D eigenvalue weighted by Gasteiger charge is -1.97. The van der Waals surface area contributed by atoms with Crippen molar-refractivity contribution in [3.05, 3.63) is 36.4 Å². The summed E-state index contributed by atoms with van der Waals surface area (Å²) in [5.41, 5.74) is 1.53. The molecule has 0 spiro atoms. The first-order valence-corrected chi connectivity index (χ1v) is 5.89. The van der Waals surface area contributed by atoms with E-state index in [9.17, 15) is 15.0 Å². The van der Waals surface area contributed by atoms with Gasteiger partial charge in [0.15, 0.2) is 11.5 Å². The molecule has 0 aliphatic carbocycles. The topological polar surface area (TPSA) is 73.3 Å². The third-order valence-electron chi connectivity index (χ3n) is 2.63. The molecular formula is C15H15NO3. The molecule has 0 radical (unpaired) electrons. The number of H-pyrrole nitrogens is 1. The number of aromatic nitrogens is 1. The van der Waals surface area contributed by atoms with Crippen LogP contribution < -0.4 is 0 Å². The summed E-state index contributed by atoms with van der Waals surface area (Å²) in [4.78, 5) is 12.5. The van der Waals surface area contributed by atoms with E-state index in [0.29, 0.717) is 5.52 Å². The zero-order valence-corrected chi connectivity index (χ0v) is 10.8. The Morgan fingerprint density at radius 2 is 1.63 bits per heavy atom. The van der Waals surface area contributed by atoms with Crippen LogP contribution in [0.1, 0.15) is 13.8 Å². The van der Waals surface area contributed by atoms with Crippen molar-refractivity contribution in [3.63, 3.8) is 0 Å². The molecule has 1 heterocycles. The molecule has 0 aliphatic rings. The van der Waals surface area contributed by atoms with Crippen LogP contribution in [0.5, 0.6) is 11.5 Å². The Balaban J connectivity index is 0.000000297. The van der Waals surface area contributed by atoms with Crippen molar-refractivity contribution in [2.24, 2.45) is 0 Å². The number of fused-ring (bicyclic) bond motifs is 3. The van der Waals surface area contributed by atoms with E-state index in [1.54, 1.807) is 6.07 Å². The van der Waals surface area contributed by atoms with Gasteiger partial charge in [0.2, 0.25) is 0 Å². The Bertz CT molecular complexity index is 740. The second-order valence-electron chi connectivity index (χ2n) is 4.43. The lowest BCUT2D eigenvalue weighted by Crippen LogP contribution is -1.71. The molecule has 3 aromatic rings. The summed E-state index contributed by atoms with van der Waals surface area (Å²) < 4.78 is 0. The second kappa shape index (κ2) is 5.02. The highest BCUT2D eigenvalue weighted by Crippen LogP contribution is 2.36. The van der Waals surface area contributed by atoms with Gasteiger partial charge in [0, 0.05) is 16.3 Å². The van der Waals surface area contributed by atoms with Gasteiger partial charge in [-0.1, -0.05) is 18.2 Å². The van der Waals surface area contributed by atoms with Gasteiger partial charge in [-0.15, -0.1) is 0 Å². The van der Waals surface area contributed by atoms with Gasteiger partial charge < -0.3 is 20.0 Å². The molecule has 1 aromatic heterocycles. The highest BCUT2D eigenvalue weighted by atomic mass is 16.3. The first kappa shape index (κ1) is 13.0. The Morgan fingerprint density at radius 3 is 2.32 bits per heavy atom. The van der Waals surface area contributed by atoms with Crippen LogP contribution in [0.15, 0.2) is 36.4 Å². The highest BCUT2D eigenvalue weighted by molar-refractivity contribution is 6.09. The minimum atomic E-state index is -0.103. The van der Waals surface area contributed by atoms with Crippen molar-refractivity contribution >= 4 is 27.6 Å². The Hall–Kier alpha value is -2.49. The van der Waals surface area contributed by atoms with E-state index >= 15 is 0 Å². The number of phenolic OH excluding ortho intramolecular Hbond substituents is 2. The number of hydrogen-bond donors (Lipinski definition) is 3. The van der Waals surface area contributed by atoms with E-state index in [4.69, 9.17) is 0 Å². The van der Waals surface area contributed by atoms with Crippen LogP contribution in [-0.2, 0) is 4.79 Å². The lowest BCUT2D eigenvalue weighted by molar-refractivity contribution is -0.114. The van der Waals surface area contributed by atoms with E-state index in [1.165, 1.54) is 19.9 Å². The van der Waals surface area contributed by atoms with Crippen LogP contribution in [0.2, 0.25) is 0 Å². The summed E-state index contributed by atoms with van der Waals surface area (Å²) in [5, 5.41) is 21.0. The van der Waals surface area contributed by atoms with Crippen molar-refractivity contribution in [3.8, 4) is 11.5 Å². The third-order valence-corrected chi connectivity index (χ3v) is 2.63. The number of rotatable bonds is 0. The molecule has 0 aliphatic heterocycles. The van der Waals surface area contributed by atoms with Crippen molar-refractivity contribution < 1.29 is 15.0 Å². The zero-order chi connectivity index (χ0) is 14.0. The number of nitrogens with one attached hydrogen (secondary N) is 1. The van der Waals surface area contributed by atoms with Crippen LogP contribution in [0.4, 0.5) is 0 Å². The van der Waals surface area contributed by atoms with E-state index in [1.807, 2.05) is 24.3 Å². The number of aromatic amines is 1. The summed E-state index contributed by atoms with van der Waals surface area (Å²) in [5.74, 6) is -0.0299. The molecule has 98 valence electrons. The molecule has 0 bridgehead atoms. The number of para-hydroxylation sites is 1. The Kier molecular flexibility index (Phi) is 3.42. The number of carbonyl (C=O) groups is 1. The number of carbonyl (C=O) groups excluding carboxylic acids is 1. The molecule has 0 unspecified atom stereocenters. The molecule has 0 saturated carbocycles. The fourth-order valence-electron chi connectivity index (χ4n) is 1.89. The minimum Gasteiger partial charge on any atom is -0.504 e. The van der Waals surface area contributed by atoms with Gasteiger partial charge >= 0.3 is 0 Å². The Labute approximate surface area is 110 Å². The van der Waals surface area contributed by atoms with Crippen molar-refractivity contribution in [1.29, 1.82) is 0 Å². The standard InChI is InChI=1S/C12H9NO2.C3H6O/c14-10-6-5-8-7-3-1-2-4-9(7)13-11(8)12(10)15;1-3(2)4/h1-6,13-15H;1-2H3. The molecular weight excluding hydrogens is 242 g/mol. The van der Waals surface area contributed by atoms with Gasteiger partial charge in [0.25, 0.3) is 0 Å². The smallest absolute Gasteiger partial charge is 0.182 e. The van der Waals surface area contributed by atoms with E-state index in [2.05, 4.69) is 4.98 Å². The van der Waals surface area contributed by atoms with Crippen LogP contribution in [-0.4, -0.2) is 21.0 Å². The van der Waals surface area contributed by atoms with Gasteiger partial charge in [0.1, 0.15) is 5.78 Å². The van der Waals surface area contributed by atoms with Crippen LogP contribution in [0.3, 0.4) is 0 Å². The lowest BCUT2D eigenvalue weighted by atomic mass is 10.1. The minimum absolute atomic E-state index is 0.0938. The number of hydrogen-bond acceptors (Lipinski definition) is 3. The molecule has 0 atom stereocenters. The SMILES string of the molecule is CC(C)=O.Oc1ccc2c([nH]c3ccccc32)c1O. The molecule has 4 nitrogen and oxygen atoms in total. The summed E-state index contributed by atoms with van der Waals surface area (Å²) in [6.07, 6.45) is 0. The van der Waals surface area contributed by atoms with Crippen molar-refractivity contribution in [1.82, 2.24) is 4.98 Å². The normalized spacial score (nSPS) is 10.2. The predicted octanol–water partition coefficient (Wildman–Crippen LogP) is 3.33. The molecule has 3 rings (SSSR count). The number of benzene rings is 2. The molecule has 19 heavy (non-hydrogen) atoms. The highest BCUT2D eigenvalue weighted by Gasteiger charge is 2.09. The third kappa shape index (κ3) is 2.52. The maximum absolute atomic E-state index is 9.68. The first-order chi connectivity index (χ1) is 9.00. The quantitative estimate of drug-likeness (QED) is 0.541. The summed E-state index contributed by atoms with van der Waals surface area (Å²) >= 11 is 0. The average Bonchev–Trinajstić information content (AvgIpc) is 2.73. The van der Waals surface area contributed by atoms with E-state index < -0.39 is 0 Å². The number of aromatic hydroxyl groups is 2. The predicted molar refractivity (Wildman–Crippen MR) is 75.5 cm³/mol. The molecule has 0 amide bonds. The van der Waals surface area contributed by atoms with Gasteiger partial charge in [-0.05, 0) is 32.0 Å². The Morgan fingerprint density at radius 1 is 1.00 bits per heavy atom. The zero-order valence-electron chi connectivity index (χ0n) is 10.8. The molecule has 3 N–H and O–H groups in total. The average molecular weight is 257 g/mol. The van der Waals surface area contributed by atoms with E-state index in [-0.39, 0.29) is 17.3 Å². The number of phenols is 2. The van der Waals surface area contributed by atoms with Crippen molar-refractivity contribution in [2.45, 2.75) is 13.8 Å². The number of ketones is 1. The van der Waals surface area contributed by atoms with Crippen LogP contribution in [0, 0.1) is 0 Å². The second-order valence-corrected chi connectivity index (χ2v) is 4.43. The van der Waals surface area contributed by atoms with Gasteiger partial charge in [-0.3, -0.25) is 0 Å². The molecule has 0 saturated heterocycles. The summed E-state index contributed by atoms with van der Waals surface area (Å²) in [6.45, 7) is 3.06. The maximum atomic E-state index is 9.68.